The number of rotatable bonds is 5. The summed E-state index contributed by atoms with van der Waals surface area (Å²) in [5.74, 6) is -0.269. The minimum absolute atomic E-state index is 0.238. The van der Waals surface area contributed by atoms with Crippen LogP contribution in [-0.2, 0) is 22.4 Å². The van der Waals surface area contributed by atoms with E-state index < -0.39 is 6.09 Å². The Hall–Kier alpha value is -2.88. The fraction of sp³-hybridized carbons (Fsp3) is 0.238. The normalized spacial score (nSPS) is 17.5. The zero-order valence-corrected chi connectivity index (χ0v) is 14.2. The van der Waals surface area contributed by atoms with Crippen LogP contribution in [0.4, 0.5) is 4.79 Å². The van der Waals surface area contributed by atoms with E-state index in [0.717, 1.165) is 11.1 Å². The SMILES string of the molecule is CC=C(Cc1ccccc1)C(=O)N1C(=O)OC[C@H]1Cc1ccccc1. The van der Waals surface area contributed by atoms with E-state index in [1.165, 1.54) is 4.90 Å². The second-order valence-electron chi connectivity index (χ2n) is 6.07. The first kappa shape index (κ1) is 17.0. The van der Waals surface area contributed by atoms with Crippen LogP contribution in [0.3, 0.4) is 0 Å². The van der Waals surface area contributed by atoms with Gasteiger partial charge in [-0.2, -0.15) is 0 Å². The topological polar surface area (TPSA) is 46.6 Å². The van der Waals surface area contributed by atoms with Crippen LogP contribution in [0.25, 0.3) is 0 Å². The van der Waals surface area contributed by atoms with Gasteiger partial charge in [-0.3, -0.25) is 4.79 Å². The molecule has 128 valence electrons. The van der Waals surface area contributed by atoms with E-state index >= 15 is 0 Å². The smallest absolute Gasteiger partial charge is 0.417 e. The minimum atomic E-state index is -0.557. The van der Waals surface area contributed by atoms with Crippen molar-refractivity contribution in [1.82, 2.24) is 4.90 Å². The molecule has 0 radical (unpaired) electrons. The molecule has 2 aromatic rings. The maximum Gasteiger partial charge on any atom is 0.417 e. The van der Waals surface area contributed by atoms with Gasteiger partial charge in [-0.15, -0.1) is 0 Å². The zero-order chi connectivity index (χ0) is 17.6. The molecule has 1 heterocycles. The van der Waals surface area contributed by atoms with E-state index in [1.54, 1.807) is 6.08 Å². The summed E-state index contributed by atoms with van der Waals surface area (Å²) in [7, 11) is 0. The first-order valence-electron chi connectivity index (χ1n) is 8.42. The maximum absolute atomic E-state index is 12.9. The van der Waals surface area contributed by atoms with E-state index in [4.69, 9.17) is 4.74 Å². The largest absolute Gasteiger partial charge is 0.447 e. The summed E-state index contributed by atoms with van der Waals surface area (Å²) >= 11 is 0. The van der Waals surface area contributed by atoms with Crippen LogP contribution in [-0.4, -0.2) is 29.5 Å². The molecule has 4 heteroatoms. The molecule has 25 heavy (non-hydrogen) atoms. The fourth-order valence-corrected chi connectivity index (χ4v) is 3.02. The summed E-state index contributed by atoms with van der Waals surface area (Å²) in [5.41, 5.74) is 2.72. The number of ether oxygens (including phenoxy) is 1. The molecule has 1 fully saturated rings. The molecular weight excluding hydrogens is 314 g/mol. The fourth-order valence-electron chi connectivity index (χ4n) is 3.02. The molecular formula is C21H21NO3. The van der Waals surface area contributed by atoms with Gasteiger partial charge in [0.25, 0.3) is 5.91 Å². The van der Waals surface area contributed by atoms with Gasteiger partial charge in [0.1, 0.15) is 6.61 Å². The quantitative estimate of drug-likeness (QED) is 0.782. The number of allylic oxidation sites excluding steroid dienone is 1. The molecule has 4 nitrogen and oxygen atoms in total. The molecule has 0 unspecified atom stereocenters. The summed E-state index contributed by atoms with van der Waals surface area (Å²) < 4.78 is 5.16. The van der Waals surface area contributed by atoms with E-state index in [2.05, 4.69) is 0 Å². The lowest BCUT2D eigenvalue weighted by molar-refractivity contribution is -0.125. The average molecular weight is 335 g/mol. The second kappa shape index (κ2) is 7.79. The van der Waals surface area contributed by atoms with Crippen molar-refractivity contribution in [3.63, 3.8) is 0 Å². The maximum atomic E-state index is 12.9. The van der Waals surface area contributed by atoms with Gasteiger partial charge < -0.3 is 4.74 Å². The molecule has 0 saturated carbocycles. The van der Waals surface area contributed by atoms with E-state index in [0.29, 0.717) is 18.4 Å². The van der Waals surface area contributed by atoms with Crippen LogP contribution in [0, 0.1) is 0 Å². The van der Waals surface area contributed by atoms with Crippen molar-refractivity contribution >= 4 is 12.0 Å². The molecule has 1 saturated heterocycles. The van der Waals surface area contributed by atoms with Crippen LogP contribution < -0.4 is 0 Å². The van der Waals surface area contributed by atoms with Crippen molar-refractivity contribution in [2.24, 2.45) is 0 Å². The van der Waals surface area contributed by atoms with Gasteiger partial charge in [-0.25, -0.2) is 9.69 Å². The number of nitrogens with zero attached hydrogens (tertiary/aromatic N) is 1. The van der Waals surface area contributed by atoms with E-state index in [-0.39, 0.29) is 18.6 Å². The van der Waals surface area contributed by atoms with Gasteiger partial charge in [0, 0.05) is 12.0 Å². The van der Waals surface area contributed by atoms with Gasteiger partial charge in [0.2, 0.25) is 0 Å². The Bertz CT molecular complexity index is 768. The van der Waals surface area contributed by atoms with E-state index in [9.17, 15) is 9.59 Å². The van der Waals surface area contributed by atoms with Gasteiger partial charge in [-0.1, -0.05) is 66.7 Å². The van der Waals surface area contributed by atoms with Crippen molar-refractivity contribution in [1.29, 1.82) is 0 Å². The third-order valence-corrected chi connectivity index (χ3v) is 4.35. The molecule has 3 rings (SSSR count). The standard InChI is InChI=1S/C21H21NO3/c1-2-18(13-16-9-5-3-6-10-16)20(23)22-19(15-25-21(22)24)14-17-11-7-4-8-12-17/h2-12,19H,13-15H2,1H3/t19-/m1/s1. The molecule has 1 aliphatic rings. The highest BCUT2D eigenvalue weighted by atomic mass is 16.6. The number of amides is 2. The van der Waals surface area contributed by atoms with Crippen molar-refractivity contribution in [2.45, 2.75) is 25.8 Å². The monoisotopic (exact) mass is 335 g/mol. The third-order valence-electron chi connectivity index (χ3n) is 4.35. The first-order valence-corrected chi connectivity index (χ1v) is 8.42. The first-order chi connectivity index (χ1) is 12.2. The molecule has 0 aliphatic carbocycles. The highest BCUT2D eigenvalue weighted by Gasteiger charge is 2.38. The molecule has 2 aromatic carbocycles. The molecule has 0 aromatic heterocycles. The Morgan fingerprint density at radius 1 is 1.08 bits per heavy atom. The summed E-state index contributed by atoms with van der Waals surface area (Å²) in [6.07, 6.45) is 2.32. The number of cyclic esters (lactones) is 1. The van der Waals surface area contributed by atoms with Crippen molar-refractivity contribution < 1.29 is 14.3 Å². The number of carbonyl (C=O) groups excluding carboxylic acids is 2. The van der Waals surface area contributed by atoms with Crippen LogP contribution in [0.5, 0.6) is 0 Å². The van der Waals surface area contributed by atoms with Crippen LogP contribution >= 0.6 is 0 Å². The zero-order valence-electron chi connectivity index (χ0n) is 14.2. The number of carbonyl (C=O) groups is 2. The van der Waals surface area contributed by atoms with Gasteiger partial charge in [0.15, 0.2) is 0 Å². The lowest BCUT2D eigenvalue weighted by Crippen LogP contribution is -2.41. The van der Waals surface area contributed by atoms with Gasteiger partial charge in [0.05, 0.1) is 6.04 Å². The molecule has 1 atom stereocenters. The number of hydrogen-bond acceptors (Lipinski definition) is 3. The Morgan fingerprint density at radius 2 is 1.68 bits per heavy atom. The summed E-state index contributed by atoms with van der Waals surface area (Å²) in [4.78, 5) is 26.4. The highest BCUT2D eigenvalue weighted by molar-refractivity contribution is 6.03. The molecule has 0 N–H and O–H groups in total. The van der Waals surface area contributed by atoms with Crippen molar-refractivity contribution in [3.05, 3.63) is 83.4 Å². The van der Waals surface area contributed by atoms with Crippen molar-refractivity contribution in [3.8, 4) is 0 Å². The van der Waals surface area contributed by atoms with Crippen LogP contribution in [0.15, 0.2) is 72.3 Å². The molecule has 0 spiro atoms. The number of hydrogen-bond donors (Lipinski definition) is 0. The predicted octanol–water partition coefficient (Wildman–Crippen LogP) is 3.77. The lowest BCUT2D eigenvalue weighted by Gasteiger charge is -2.21. The average Bonchev–Trinajstić information content (AvgIpc) is 3.01. The summed E-state index contributed by atoms with van der Waals surface area (Å²) in [6.45, 7) is 2.06. The van der Waals surface area contributed by atoms with Crippen molar-refractivity contribution in [2.75, 3.05) is 6.61 Å². The molecule has 2 amide bonds. The van der Waals surface area contributed by atoms with Crippen LogP contribution in [0.1, 0.15) is 18.1 Å². The summed E-state index contributed by atoms with van der Waals surface area (Å²) in [5, 5.41) is 0. The number of imide groups is 1. The van der Waals surface area contributed by atoms with Gasteiger partial charge in [-0.05, 0) is 24.5 Å². The highest BCUT2D eigenvalue weighted by Crippen LogP contribution is 2.21. The Kier molecular flexibility index (Phi) is 5.29. The Balaban J connectivity index is 1.76. The molecule has 1 aliphatic heterocycles. The minimum Gasteiger partial charge on any atom is -0.447 e. The molecule has 0 bridgehead atoms. The summed E-state index contributed by atoms with van der Waals surface area (Å²) in [6, 6.07) is 19.3. The lowest BCUT2D eigenvalue weighted by atomic mass is 10.0. The van der Waals surface area contributed by atoms with E-state index in [1.807, 2.05) is 67.6 Å². The number of benzene rings is 2. The van der Waals surface area contributed by atoms with Gasteiger partial charge >= 0.3 is 6.09 Å². The van der Waals surface area contributed by atoms with Crippen LogP contribution in [0.2, 0.25) is 0 Å². The Morgan fingerprint density at radius 3 is 2.28 bits per heavy atom. The third kappa shape index (κ3) is 3.97. The Labute approximate surface area is 147 Å². The second-order valence-corrected chi connectivity index (χ2v) is 6.07. The predicted molar refractivity (Wildman–Crippen MR) is 96.0 cm³/mol.